The smallest absolute Gasteiger partial charge is 0.316 e. The predicted molar refractivity (Wildman–Crippen MR) is 113 cm³/mol. The van der Waals surface area contributed by atoms with Crippen LogP contribution in [0.25, 0.3) is 21.3 Å². The van der Waals surface area contributed by atoms with Gasteiger partial charge in [0.2, 0.25) is 0 Å². The molecule has 1 aliphatic rings. The average Bonchev–Trinajstić information content (AvgIpc) is 3.51. The largest absolute Gasteiger partial charge is 0.463 e. The molecule has 7 heteroatoms. The Kier molecular flexibility index (Phi) is 4.54. The Morgan fingerprint density at radius 2 is 1.86 bits per heavy atom. The zero-order valence-corrected chi connectivity index (χ0v) is 16.3. The van der Waals surface area contributed by atoms with Crippen LogP contribution in [0.3, 0.4) is 0 Å². The van der Waals surface area contributed by atoms with E-state index in [1.807, 2.05) is 36.4 Å². The van der Waals surface area contributed by atoms with Crippen molar-refractivity contribution in [2.24, 2.45) is 5.92 Å². The molecule has 0 radical (unpaired) electrons. The molecule has 4 aromatic rings. The molecule has 0 unspecified atom stereocenters. The number of ether oxygens (including phenoxy) is 1. The normalized spacial score (nSPS) is 13.2. The van der Waals surface area contributed by atoms with Crippen LogP contribution >= 0.6 is 11.3 Å². The Hall–Kier alpha value is -3.50. The van der Waals surface area contributed by atoms with Crippen LogP contribution in [0.5, 0.6) is 6.01 Å². The van der Waals surface area contributed by atoms with E-state index in [9.17, 15) is 0 Å². The molecule has 2 aromatic carbocycles. The Morgan fingerprint density at radius 1 is 1.07 bits per heavy atom. The van der Waals surface area contributed by atoms with Crippen LogP contribution in [0.1, 0.15) is 18.4 Å². The van der Waals surface area contributed by atoms with Gasteiger partial charge in [-0.05, 0) is 54.7 Å². The second-order valence-corrected chi connectivity index (χ2v) is 8.06. The summed E-state index contributed by atoms with van der Waals surface area (Å²) in [7, 11) is 0. The number of fused-ring (bicyclic) bond motifs is 1. The van der Waals surface area contributed by atoms with Gasteiger partial charge in [-0.2, -0.15) is 5.26 Å². The molecule has 0 aliphatic heterocycles. The summed E-state index contributed by atoms with van der Waals surface area (Å²) >= 11 is 1.53. The minimum absolute atomic E-state index is 0.439. The van der Waals surface area contributed by atoms with E-state index in [2.05, 4.69) is 26.3 Å². The molecule has 1 N–H and O–H groups in total. The van der Waals surface area contributed by atoms with Crippen molar-refractivity contribution in [2.75, 3.05) is 11.9 Å². The number of nitrogens with zero attached hydrogens (tertiary/aromatic N) is 4. The molecule has 0 bridgehead atoms. The number of rotatable bonds is 6. The van der Waals surface area contributed by atoms with Crippen molar-refractivity contribution in [1.29, 1.82) is 5.26 Å². The maximum Gasteiger partial charge on any atom is 0.316 e. The number of hydrogen-bond donors (Lipinski definition) is 1. The first-order chi connectivity index (χ1) is 14.3. The SMILES string of the molecule is N#Cc1ccc2nc(Nc3ccc(-c4cnc(OCC5CC5)nc4)cc3)sc2c1. The first-order valence-electron chi connectivity index (χ1n) is 9.40. The molecule has 0 spiro atoms. The summed E-state index contributed by atoms with van der Waals surface area (Å²) in [6.07, 6.45) is 6.07. The fraction of sp³-hybridized carbons (Fsp3) is 0.182. The summed E-state index contributed by atoms with van der Waals surface area (Å²) in [5, 5.41) is 13.1. The number of aromatic nitrogens is 3. The maximum atomic E-state index is 9.03. The van der Waals surface area contributed by atoms with E-state index < -0.39 is 0 Å². The summed E-state index contributed by atoms with van der Waals surface area (Å²) in [5.41, 5.74) is 4.45. The van der Waals surface area contributed by atoms with Crippen LogP contribution in [0.2, 0.25) is 0 Å². The van der Waals surface area contributed by atoms with Gasteiger partial charge >= 0.3 is 6.01 Å². The van der Waals surface area contributed by atoms with Gasteiger partial charge in [-0.25, -0.2) is 15.0 Å². The molecule has 6 nitrogen and oxygen atoms in total. The van der Waals surface area contributed by atoms with Crippen molar-refractivity contribution in [1.82, 2.24) is 15.0 Å². The van der Waals surface area contributed by atoms with Crippen molar-refractivity contribution in [3.05, 3.63) is 60.4 Å². The third kappa shape index (κ3) is 4.03. The second-order valence-electron chi connectivity index (χ2n) is 7.02. The van der Waals surface area contributed by atoms with Gasteiger partial charge in [0.1, 0.15) is 0 Å². The fourth-order valence-electron chi connectivity index (χ4n) is 2.93. The van der Waals surface area contributed by atoms with Gasteiger partial charge < -0.3 is 10.1 Å². The van der Waals surface area contributed by atoms with E-state index in [1.54, 1.807) is 18.5 Å². The molecular weight excluding hydrogens is 382 g/mol. The molecule has 0 amide bonds. The quantitative estimate of drug-likeness (QED) is 0.482. The van der Waals surface area contributed by atoms with Crippen molar-refractivity contribution >= 4 is 32.4 Å². The fourth-order valence-corrected chi connectivity index (χ4v) is 3.86. The van der Waals surface area contributed by atoms with Crippen molar-refractivity contribution in [2.45, 2.75) is 12.8 Å². The van der Waals surface area contributed by atoms with Crippen LogP contribution in [-0.2, 0) is 0 Å². The highest BCUT2D eigenvalue weighted by atomic mass is 32.1. The molecule has 1 saturated carbocycles. The molecule has 29 heavy (non-hydrogen) atoms. The minimum atomic E-state index is 0.439. The van der Waals surface area contributed by atoms with Gasteiger partial charge in [0.05, 0.1) is 28.5 Å². The zero-order valence-electron chi connectivity index (χ0n) is 15.5. The van der Waals surface area contributed by atoms with Crippen LogP contribution in [0.4, 0.5) is 10.8 Å². The van der Waals surface area contributed by atoms with E-state index in [1.165, 1.54) is 24.2 Å². The highest BCUT2D eigenvalue weighted by molar-refractivity contribution is 7.22. The van der Waals surface area contributed by atoms with E-state index in [-0.39, 0.29) is 0 Å². The van der Waals surface area contributed by atoms with Crippen LogP contribution in [0.15, 0.2) is 54.9 Å². The second kappa shape index (κ2) is 7.49. The number of benzene rings is 2. The van der Waals surface area contributed by atoms with E-state index in [0.717, 1.165) is 32.2 Å². The van der Waals surface area contributed by atoms with Crippen molar-refractivity contribution < 1.29 is 4.74 Å². The number of thiazole rings is 1. The molecule has 2 heterocycles. The van der Waals surface area contributed by atoms with E-state index in [4.69, 9.17) is 10.00 Å². The van der Waals surface area contributed by atoms with Gasteiger partial charge in [-0.3, -0.25) is 0 Å². The number of hydrogen-bond acceptors (Lipinski definition) is 7. The molecule has 2 aromatic heterocycles. The Bertz CT molecular complexity index is 1190. The van der Waals surface area contributed by atoms with Gasteiger partial charge in [-0.1, -0.05) is 23.5 Å². The summed E-state index contributed by atoms with van der Waals surface area (Å²) in [6.45, 7) is 0.712. The molecular formula is C22H17N5OS. The van der Waals surface area contributed by atoms with Crippen molar-refractivity contribution in [3.8, 4) is 23.2 Å². The van der Waals surface area contributed by atoms with Crippen LogP contribution < -0.4 is 10.1 Å². The highest BCUT2D eigenvalue weighted by Gasteiger charge is 2.22. The number of nitriles is 1. The minimum Gasteiger partial charge on any atom is -0.463 e. The lowest BCUT2D eigenvalue weighted by molar-refractivity contribution is 0.276. The van der Waals surface area contributed by atoms with E-state index >= 15 is 0 Å². The third-order valence-corrected chi connectivity index (χ3v) is 5.69. The number of nitrogens with one attached hydrogen (secondary N) is 1. The average molecular weight is 399 g/mol. The first kappa shape index (κ1) is 17.6. The summed E-state index contributed by atoms with van der Waals surface area (Å²) < 4.78 is 6.58. The van der Waals surface area contributed by atoms with Gasteiger partial charge in [0.25, 0.3) is 0 Å². The third-order valence-electron chi connectivity index (χ3n) is 4.76. The number of anilines is 2. The van der Waals surface area contributed by atoms with Gasteiger partial charge in [0, 0.05) is 23.6 Å². The predicted octanol–water partition coefficient (Wildman–Crippen LogP) is 5.16. The molecule has 1 fully saturated rings. The lowest BCUT2D eigenvalue weighted by atomic mass is 10.1. The Morgan fingerprint density at radius 3 is 2.59 bits per heavy atom. The highest BCUT2D eigenvalue weighted by Crippen LogP contribution is 2.30. The Labute approximate surface area is 171 Å². The zero-order chi connectivity index (χ0) is 19.6. The topological polar surface area (TPSA) is 83.7 Å². The summed E-state index contributed by atoms with van der Waals surface area (Å²) in [5.74, 6) is 0.683. The van der Waals surface area contributed by atoms with Gasteiger partial charge in [0.15, 0.2) is 5.13 Å². The van der Waals surface area contributed by atoms with Crippen LogP contribution in [-0.4, -0.2) is 21.6 Å². The molecule has 1 aliphatic carbocycles. The van der Waals surface area contributed by atoms with Crippen LogP contribution in [0, 0.1) is 17.2 Å². The summed E-state index contributed by atoms with van der Waals surface area (Å²) in [6, 6.07) is 16.2. The first-order valence-corrected chi connectivity index (χ1v) is 10.2. The molecule has 0 saturated heterocycles. The molecule has 0 atom stereocenters. The van der Waals surface area contributed by atoms with E-state index in [0.29, 0.717) is 24.1 Å². The maximum absolute atomic E-state index is 9.03. The molecule has 142 valence electrons. The monoisotopic (exact) mass is 399 g/mol. The Balaban J connectivity index is 1.28. The molecule has 5 rings (SSSR count). The van der Waals surface area contributed by atoms with Gasteiger partial charge in [-0.15, -0.1) is 0 Å². The lowest BCUT2D eigenvalue weighted by Gasteiger charge is -2.06. The standard InChI is InChI=1S/C22H17N5OS/c23-10-15-3-8-19-20(9-15)29-22(27-19)26-18-6-4-16(5-7-18)17-11-24-21(25-12-17)28-13-14-1-2-14/h3-9,11-12,14H,1-2,13H2,(H,26,27). The lowest BCUT2D eigenvalue weighted by Crippen LogP contribution is -2.02. The van der Waals surface area contributed by atoms with Crippen molar-refractivity contribution in [3.63, 3.8) is 0 Å². The summed E-state index contributed by atoms with van der Waals surface area (Å²) in [4.78, 5) is 13.2.